The van der Waals surface area contributed by atoms with Crippen molar-refractivity contribution >= 4 is 30.7 Å². The first-order valence-electron chi connectivity index (χ1n) is 8.26. The van der Waals surface area contributed by atoms with Crippen LogP contribution in [0.5, 0.6) is 0 Å². The van der Waals surface area contributed by atoms with Gasteiger partial charge in [0.05, 0.1) is 18.6 Å². The fourth-order valence-corrected chi connectivity index (χ4v) is 3.34. The van der Waals surface area contributed by atoms with Crippen LogP contribution in [0.1, 0.15) is 29.1 Å². The molecule has 26 heavy (non-hydrogen) atoms. The van der Waals surface area contributed by atoms with Gasteiger partial charge in [0.2, 0.25) is 11.8 Å². The van der Waals surface area contributed by atoms with E-state index in [1.807, 2.05) is 4.90 Å². The topological polar surface area (TPSA) is 103 Å². The zero-order chi connectivity index (χ0) is 16.5. The molecule has 0 aromatic carbocycles. The van der Waals surface area contributed by atoms with Crippen LogP contribution in [-0.4, -0.2) is 68.5 Å². The number of rotatable bonds is 3. The summed E-state index contributed by atoms with van der Waals surface area (Å²) in [7, 11) is 0. The van der Waals surface area contributed by atoms with Crippen LogP contribution in [0.4, 0.5) is 0 Å². The third kappa shape index (κ3) is 4.17. The summed E-state index contributed by atoms with van der Waals surface area (Å²) in [4.78, 5) is 28.7. The highest BCUT2D eigenvalue weighted by Crippen LogP contribution is 2.22. The third-order valence-electron chi connectivity index (χ3n) is 4.61. The molecular formula is C15H23Cl2N7O2. The molecule has 2 aliphatic heterocycles. The highest BCUT2D eigenvalue weighted by atomic mass is 35.5. The number of nitrogens with one attached hydrogen (secondary N) is 2. The van der Waals surface area contributed by atoms with Crippen molar-refractivity contribution in [2.75, 3.05) is 32.7 Å². The molecule has 1 fully saturated rings. The molecule has 1 saturated heterocycles. The summed E-state index contributed by atoms with van der Waals surface area (Å²) >= 11 is 0. The van der Waals surface area contributed by atoms with Gasteiger partial charge in [-0.2, -0.15) is 4.98 Å². The monoisotopic (exact) mass is 403 g/mol. The van der Waals surface area contributed by atoms with Crippen LogP contribution in [0.2, 0.25) is 0 Å². The van der Waals surface area contributed by atoms with Gasteiger partial charge in [0.25, 0.3) is 0 Å². The van der Waals surface area contributed by atoms with E-state index >= 15 is 0 Å². The number of aryl methyl sites for hydroxylation is 1. The van der Waals surface area contributed by atoms with Gasteiger partial charge in [0.1, 0.15) is 6.04 Å². The van der Waals surface area contributed by atoms with Gasteiger partial charge >= 0.3 is 0 Å². The number of fused-ring (bicyclic) bond motifs is 1. The Morgan fingerprint density at radius 3 is 2.77 bits per heavy atom. The molecule has 0 saturated carbocycles. The van der Waals surface area contributed by atoms with Crippen LogP contribution < -0.4 is 5.32 Å². The van der Waals surface area contributed by atoms with Gasteiger partial charge in [-0.15, -0.1) is 24.8 Å². The molecule has 1 unspecified atom stereocenters. The van der Waals surface area contributed by atoms with Gasteiger partial charge in [-0.05, 0) is 0 Å². The number of imidazole rings is 1. The van der Waals surface area contributed by atoms with Gasteiger partial charge in [0, 0.05) is 51.8 Å². The van der Waals surface area contributed by atoms with Crippen LogP contribution in [0.15, 0.2) is 10.9 Å². The normalized spacial score (nSPS) is 20.0. The summed E-state index contributed by atoms with van der Waals surface area (Å²) < 4.78 is 5.00. The van der Waals surface area contributed by atoms with E-state index in [2.05, 4.69) is 30.3 Å². The largest absolute Gasteiger partial charge is 0.348 e. The maximum Gasteiger partial charge on any atom is 0.246 e. The lowest BCUT2D eigenvalue weighted by Crippen LogP contribution is -2.52. The first kappa shape index (κ1) is 20.6. The lowest BCUT2D eigenvalue weighted by molar-refractivity contribution is -0.135. The fourth-order valence-electron chi connectivity index (χ4n) is 3.34. The molecule has 4 heterocycles. The number of piperazine rings is 1. The summed E-state index contributed by atoms with van der Waals surface area (Å²) in [5.41, 5.74) is 1.91. The van der Waals surface area contributed by atoms with E-state index in [-0.39, 0.29) is 36.8 Å². The Kier molecular flexibility index (Phi) is 6.99. The van der Waals surface area contributed by atoms with E-state index in [9.17, 15) is 4.79 Å². The molecule has 0 aliphatic carbocycles. The van der Waals surface area contributed by atoms with Gasteiger partial charge in [-0.3, -0.25) is 9.69 Å². The predicted octanol–water partition coefficient (Wildman–Crippen LogP) is 0.476. The Balaban J connectivity index is 0.00000121. The maximum absolute atomic E-state index is 12.8. The molecule has 2 aliphatic rings. The van der Waals surface area contributed by atoms with E-state index in [0.29, 0.717) is 31.3 Å². The van der Waals surface area contributed by atoms with Gasteiger partial charge in [-0.1, -0.05) is 5.16 Å². The second kappa shape index (κ2) is 8.81. The third-order valence-corrected chi connectivity index (χ3v) is 4.61. The summed E-state index contributed by atoms with van der Waals surface area (Å²) in [6.07, 6.45) is 2.56. The number of aromatic amines is 1. The first-order valence-corrected chi connectivity index (χ1v) is 8.26. The van der Waals surface area contributed by atoms with Crippen LogP contribution in [0.25, 0.3) is 0 Å². The van der Waals surface area contributed by atoms with Gasteiger partial charge < -0.3 is 19.7 Å². The number of carbonyl (C=O) groups is 1. The summed E-state index contributed by atoms with van der Waals surface area (Å²) in [5.74, 6) is 1.39. The smallest absolute Gasteiger partial charge is 0.246 e. The van der Waals surface area contributed by atoms with Gasteiger partial charge in [0.15, 0.2) is 5.82 Å². The van der Waals surface area contributed by atoms with E-state index in [1.165, 1.54) is 0 Å². The van der Waals surface area contributed by atoms with Crippen molar-refractivity contribution in [3.05, 3.63) is 29.4 Å². The zero-order valence-electron chi connectivity index (χ0n) is 14.5. The average Bonchev–Trinajstić information content (AvgIpc) is 3.23. The summed E-state index contributed by atoms with van der Waals surface area (Å²) in [5, 5.41) is 7.22. The van der Waals surface area contributed by atoms with Crippen LogP contribution in [0.3, 0.4) is 0 Å². The Labute approximate surface area is 163 Å². The molecule has 2 aromatic rings. The number of nitrogens with zero attached hydrogens (tertiary/aromatic N) is 5. The number of hydrogen-bond acceptors (Lipinski definition) is 7. The molecule has 1 atom stereocenters. The zero-order valence-corrected chi connectivity index (χ0v) is 16.1. The molecular weight excluding hydrogens is 381 g/mol. The number of halogens is 2. The molecule has 11 heteroatoms. The standard InChI is InChI=1S/C15H21N7O2.2ClH/c1-10-19-12(20-24-10)8-21-4-6-22(7-5-21)15(23)14-13-11(2-3-16-14)17-9-18-13;;/h9,14,16H,2-8H2,1H3,(H,17,18);2*1H. The van der Waals surface area contributed by atoms with Crippen molar-refractivity contribution in [3.8, 4) is 0 Å². The van der Waals surface area contributed by atoms with Crippen molar-refractivity contribution in [2.24, 2.45) is 0 Å². The molecule has 144 valence electrons. The summed E-state index contributed by atoms with van der Waals surface area (Å²) in [6.45, 7) is 6.25. The lowest BCUT2D eigenvalue weighted by Gasteiger charge is -2.36. The van der Waals surface area contributed by atoms with E-state index in [1.54, 1.807) is 13.3 Å². The van der Waals surface area contributed by atoms with Crippen molar-refractivity contribution < 1.29 is 9.32 Å². The quantitative estimate of drug-likeness (QED) is 0.767. The van der Waals surface area contributed by atoms with Crippen molar-refractivity contribution in [1.29, 1.82) is 0 Å². The van der Waals surface area contributed by atoms with E-state index < -0.39 is 0 Å². The number of carbonyl (C=O) groups excluding carboxylic acids is 1. The molecule has 2 N–H and O–H groups in total. The van der Waals surface area contributed by atoms with Crippen molar-refractivity contribution in [2.45, 2.75) is 25.9 Å². The minimum absolute atomic E-state index is 0. The number of H-pyrrole nitrogens is 1. The molecule has 0 spiro atoms. The van der Waals surface area contributed by atoms with Crippen LogP contribution in [-0.2, 0) is 17.8 Å². The first-order chi connectivity index (χ1) is 11.7. The molecule has 2 aromatic heterocycles. The molecule has 4 rings (SSSR count). The fraction of sp³-hybridized carbons (Fsp3) is 0.600. The van der Waals surface area contributed by atoms with Crippen molar-refractivity contribution in [3.63, 3.8) is 0 Å². The number of hydrogen-bond donors (Lipinski definition) is 2. The minimum Gasteiger partial charge on any atom is -0.348 e. The molecule has 0 radical (unpaired) electrons. The van der Waals surface area contributed by atoms with E-state index in [4.69, 9.17) is 4.52 Å². The SMILES string of the molecule is Cc1nc(CN2CCN(C(=O)C3NCCc4[nH]cnc43)CC2)no1.Cl.Cl. The average molecular weight is 404 g/mol. The Bertz CT molecular complexity index is 727. The molecule has 0 bridgehead atoms. The highest BCUT2D eigenvalue weighted by molar-refractivity contribution is 5.85. The van der Waals surface area contributed by atoms with Crippen molar-refractivity contribution in [1.82, 2.24) is 35.2 Å². The van der Waals surface area contributed by atoms with Crippen LogP contribution >= 0.6 is 24.8 Å². The molecule has 1 amide bonds. The Hall–Kier alpha value is -1.68. The molecule has 9 nitrogen and oxygen atoms in total. The second-order valence-corrected chi connectivity index (χ2v) is 6.23. The number of aromatic nitrogens is 4. The second-order valence-electron chi connectivity index (χ2n) is 6.23. The minimum atomic E-state index is -0.327. The number of amides is 1. The van der Waals surface area contributed by atoms with Gasteiger partial charge in [-0.25, -0.2) is 4.98 Å². The Morgan fingerprint density at radius 1 is 1.31 bits per heavy atom. The van der Waals surface area contributed by atoms with E-state index in [0.717, 1.165) is 37.4 Å². The lowest BCUT2D eigenvalue weighted by atomic mass is 10.0. The summed E-state index contributed by atoms with van der Waals surface area (Å²) in [6, 6.07) is -0.327. The highest BCUT2D eigenvalue weighted by Gasteiger charge is 2.33. The van der Waals surface area contributed by atoms with Crippen LogP contribution in [0, 0.1) is 6.92 Å². The predicted molar refractivity (Wildman–Crippen MR) is 98.4 cm³/mol. The maximum atomic E-state index is 12.8. The Morgan fingerprint density at radius 2 is 2.08 bits per heavy atom.